The largest absolute Gasteiger partial charge is 0.259 e. The van der Waals surface area contributed by atoms with E-state index in [1.54, 1.807) is 23.1 Å². The van der Waals surface area contributed by atoms with Crippen molar-refractivity contribution >= 4 is 5.65 Å². The fourth-order valence-electron chi connectivity index (χ4n) is 1.45. The van der Waals surface area contributed by atoms with Crippen molar-refractivity contribution in [3.8, 4) is 11.4 Å². The molecule has 0 atom stereocenters. The SMILES string of the molecule is c1ccc(-c2nc3cnccn3n2)cc1. The van der Waals surface area contributed by atoms with E-state index in [1.807, 2.05) is 30.3 Å². The number of benzene rings is 1. The Hall–Kier alpha value is -2.23. The van der Waals surface area contributed by atoms with Gasteiger partial charge in [0.1, 0.15) is 0 Å². The summed E-state index contributed by atoms with van der Waals surface area (Å²) in [6, 6.07) is 9.89. The lowest BCUT2D eigenvalue weighted by Crippen LogP contribution is -1.86. The van der Waals surface area contributed by atoms with Gasteiger partial charge in [0.25, 0.3) is 0 Å². The minimum Gasteiger partial charge on any atom is -0.259 e. The number of hydrogen-bond acceptors (Lipinski definition) is 3. The monoisotopic (exact) mass is 196 g/mol. The standard InChI is InChI=1S/C11H8N4/c1-2-4-9(5-3-1)11-13-10-8-12-6-7-15(10)14-11/h1-8H. The Morgan fingerprint density at radius 2 is 1.93 bits per heavy atom. The zero-order chi connectivity index (χ0) is 10.1. The fourth-order valence-corrected chi connectivity index (χ4v) is 1.45. The molecular weight excluding hydrogens is 188 g/mol. The molecule has 0 saturated heterocycles. The lowest BCUT2D eigenvalue weighted by Gasteiger charge is -1.90. The number of hydrogen-bond donors (Lipinski definition) is 0. The average molecular weight is 196 g/mol. The van der Waals surface area contributed by atoms with Gasteiger partial charge in [-0.05, 0) is 0 Å². The molecular formula is C11H8N4. The second-order valence-corrected chi connectivity index (χ2v) is 3.18. The quantitative estimate of drug-likeness (QED) is 0.596. The Kier molecular flexibility index (Phi) is 1.71. The lowest BCUT2D eigenvalue weighted by molar-refractivity contribution is 0.950. The van der Waals surface area contributed by atoms with Crippen LogP contribution < -0.4 is 0 Å². The van der Waals surface area contributed by atoms with Crippen LogP contribution in [0.1, 0.15) is 0 Å². The summed E-state index contributed by atoms with van der Waals surface area (Å²) in [6.45, 7) is 0. The molecule has 0 saturated carbocycles. The van der Waals surface area contributed by atoms with Crippen molar-refractivity contribution in [2.45, 2.75) is 0 Å². The molecule has 72 valence electrons. The molecule has 4 nitrogen and oxygen atoms in total. The Morgan fingerprint density at radius 3 is 2.73 bits per heavy atom. The normalized spacial score (nSPS) is 10.7. The molecule has 0 aliphatic carbocycles. The molecule has 0 spiro atoms. The molecule has 0 radical (unpaired) electrons. The van der Waals surface area contributed by atoms with E-state index in [2.05, 4.69) is 15.1 Å². The number of rotatable bonds is 1. The van der Waals surface area contributed by atoms with Crippen molar-refractivity contribution in [3.05, 3.63) is 48.9 Å². The highest BCUT2D eigenvalue weighted by molar-refractivity contribution is 5.57. The zero-order valence-electron chi connectivity index (χ0n) is 7.91. The Morgan fingerprint density at radius 1 is 1.07 bits per heavy atom. The van der Waals surface area contributed by atoms with Gasteiger partial charge in [0.2, 0.25) is 0 Å². The van der Waals surface area contributed by atoms with E-state index in [0.717, 1.165) is 17.0 Å². The highest BCUT2D eigenvalue weighted by Crippen LogP contribution is 2.14. The van der Waals surface area contributed by atoms with Crippen LogP contribution in [0.4, 0.5) is 0 Å². The van der Waals surface area contributed by atoms with Crippen LogP contribution >= 0.6 is 0 Å². The van der Waals surface area contributed by atoms with Crippen LogP contribution in [0.25, 0.3) is 17.0 Å². The summed E-state index contributed by atoms with van der Waals surface area (Å²) in [4.78, 5) is 8.37. The van der Waals surface area contributed by atoms with Gasteiger partial charge < -0.3 is 0 Å². The molecule has 15 heavy (non-hydrogen) atoms. The van der Waals surface area contributed by atoms with Crippen LogP contribution in [0.2, 0.25) is 0 Å². The maximum absolute atomic E-state index is 4.37. The topological polar surface area (TPSA) is 43.1 Å². The molecule has 0 amide bonds. The zero-order valence-corrected chi connectivity index (χ0v) is 7.91. The van der Waals surface area contributed by atoms with E-state index < -0.39 is 0 Å². The molecule has 3 aromatic rings. The molecule has 0 aliphatic rings. The average Bonchev–Trinajstić information content (AvgIpc) is 2.74. The van der Waals surface area contributed by atoms with Crippen LogP contribution in [0.15, 0.2) is 48.9 Å². The summed E-state index contributed by atoms with van der Waals surface area (Å²) in [7, 11) is 0. The third-order valence-electron chi connectivity index (χ3n) is 2.17. The van der Waals surface area contributed by atoms with Gasteiger partial charge in [0, 0.05) is 18.0 Å². The maximum atomic E-state index is 4.37. The highest BCUT2D eigenvalue weighted by Gasteiger charge is 2.04. The Bertz CT molecular complexity index is 553. The summed E-state index contributed by atoms with van der Waals surface area (Å²) < 4.78 is 1.72. The van der Waals surface area contributed by atoms with Crippen molar-refractivity contribution in [2.75, 3.05) is 0 Å². The molecule has 2 aromatic heterocycles. The first-order valence-electron chi connectivity index (χ1n) is 4.65. The molecule has 0 bridgehead atoms. The van der Waals surface area contributed by atoms with Crippen LogP contribution in [0.3, 0.4) is 0 Å². The third-order valence-corrected chi connectivity index (χ3v) is 2.17. The maximum Gasteiger partial charge on any atom is 0.182 e. The number of aromatic nitrogens is 4. The first kappa shape index (κ1) is 8.11. The van der Waals surface area contributed by atoms with Gasteiger partial charge in [0.05, 0.1) is 6.20 Å². The smallest absolute Gasteiger partial charge is 0.182 e. The summed E-state index contributed by atoms with van der Waals surface area (Å²) >= 11 is 0. The molecule has 0 N–H and O–H groups in total. The minimum absolute atomic E-state index is 0.726. The summed E-state index contributed by atoms with van der Waals surface area (Å²) in [5.41, 5.74) is 1.78. The lowest BCUT2D eigenvalue weighted by atomic mass is 10.2. The van der Waals surface area contributed by atoms with Crippen molar-refractivity contribution in [1.29, 1.82) is 0 Å². The van der Waals surface area contributed by atoms with Gasteiger partial charge in [-0.25, -0.2) is 9.50 Å². The van der Waals surface area contributed by atoms with E-state index in [4.69, 9.17) is 0 Å². The minimum atomic E-state index is 0.726. The summed E-state index contributed by atoms with van der Waals surface area (Å²) in [5, 5.41) is 4.35. The van der Waals surface area contributed by atoms with Crippen molar-refractivity contribution in [3.63, 3.8) is 0 Å². The Labute approximate surface area is 86.2 Å². The van der Waals surface area contributed by atoms with Crippen molar-refractivity contribution in [2.24, 2.45) is 0 Å². The van der Waals surface area contributed by atoms with Gasteiger partial charge in [-0.3, -0.25) is 4.98 Å². The molecule has 2 heterocycles. The van der Waals surface area contributed by atoms with Crippen LogP contribution in [-0.2, 0) is 0 Å². The van der Waals surface area contributed by atoms with Gasteiger partial charge >= 0.3 is 0 Å². The van der Waals surface area contributed by atoms with E-state index in [0.29, 0.717) is 0 Å². The van der Waals surface area contributed by atoms with Crippen LogP contribution in [0, 0.1) is 0 Å². The number of nitrogens with zero attached hydrogens (tertiary/aromatic N) is 4. The molecule has 0 aliphatic heterocycles. The first-order valence-corrected chi connectivity index (χ1v) is 4.65. The predicted molar refractivity (Wildman–Crippen MR) is 56.2 cm³/mol. The second kappa shape index (κ2) is 3.16. The van der Waals surface area contributed by atoms with E-state index in [9.17, 15) is 0 Å². The molecule has 3 rings (SSSR count). The predicted octanol–water partition coefficient (Wildman–Crippen LogP) is 1.79. The van der Waals surface area contributed by atoms with Crippen molar-refractivity contribution in [1.82, 2.24) is 19.6 Å². The third kappa shape index (κ3) is 1.36. The first-order chi connectivity index (χ1) is 7.43. The molecule has 4 heteroatoms. The van der Waals surface area contributed by atoms with Gasteiger partial charge in [-0.2, -0.15) is 0 Å². The Balaban J connectivity index is 2.21. The highest BCUT2D eigenvalue weighted by atomic mass is 15.3. The van der Waals surface area contributed by atoms with Crippen LogP contribution in [0.5, 0.6) is 0 Å². The summed E-state index contributed by atoms with van der Waals surface area (Å²) in [5.74, 6) is 0.726. The van der Waals surface area contributed by atoms with Crippen LogP contribution in [-0.4, -0.2) is 19.6 Å². The van der Waals surface area contributed by atoms with Gasteiger partial charge in [-0.1, -0.05) is 30.3 Å². The molecule has 0 fully saturated rings. The van der Waals surface area contributed by atoms with Gasteiger partial charge in [0.15, 0.2) is 11.5 Å². The second-order valence-electron chi connectivity index (χ2n) is 3.18. The van der Waals surface area contributed by atoms with Crippen molar-refractivity contribution < 1.29 is 0 Å². The molecule has 1 aromatic carbocycles. The summed E-state index contributed by atoms with van der Waals surface area (Å²) in [6.07, 6.45) is 5.17. The van der Waals surface area contributed by atoms with E-state index in [1.165, 1.54) is 0 Å². The molecule has 0 unspecified atom stereocenters. The van der Waals surface area contributed by atoms with Gasteiger partial charge in [-0.15, -0.1) is 5.10 Å². The fraction of sp³-hybridized carbons (Fsp3) is 0. The van der Waals surface area contributed by atoms with E-state index in [-0.39, 0.29) is 0 Å². The number of fused-ring (bicyclic) bond motifs is 1. The van der Waals surface area contributed by atoms with E-state index >= 15 is 0 Å².